The number of carbonyl (C=O) groups is 3. The first kappa shape index (κ1) is 46.7. The Balaban J connectivity index is 0.000000449. The van der Waals surface area contributed by atoms with Gasteiger partial charge in [-0.1, -0.05) is 41.9 Å². The number of nitrogens with zero attached hydrogens (tertiary/aromatic N) is 7. The average molecular weight is 827 g/mol. The maximum Gasteiger partial charge on any atom is 0.330 e. The smallest absolute Gasteiger partial charge is 0.330 e. The van der Waals surface area contributed by atoms with E-state index in [0.717, 1.165) is 45.9 Å². The Bertz CT molecular complexity index is 2170. The summed E-state index contributed by atoms with van der Waals surface area (Å²) in [6.45, 7) is 9.63. The first-order valence-corrected chi connectivity index (χ1v) is 20.1. The van der Waals surface area contributed by atoms with Crippen LogP contribution in [-0.2, 0) is 9.59 Å². The van der Waals surface area contributed by atoms with Crippen LogP contribution in [0.2, 0.25) is 5.02 Å². The third-order valence-corrected chi connectivity index (χ3v) is 11.0. The lowest BCUT2D eigenvalue weighted by Gasteiger charge is -2.29. The highest BCUT2D eigenvalue weighted by Crippen LogP contribution is 2.38. The number of aldehydes is 1. The summed E-state index contributed by atoms with van der Waals surface area (Å²) in [5.41, 5.74) is 7.89. The maximum atomic E-state index is 14.5. The van der Waals surface area contributed by atoms with Gasteiger partial charge in [-0.15, -0.1) is 12.8 Å². The predicted octanol–water partition coefficient (Wildman–Crippen LogP) is 7.16. The fourth-order valence-electron chi connectivity index (χ4n) is 8.04. The zero-order valence-corrected chi connectivity index (χ0v) is 36.4. The number of anilines is 2. The van der Waals surface area contributed by atoms with E-state index in [1.54, 1.807) is 38.4 Å². The zero-order valence-electron chi connectivity index (χ0n) is 35.6. The van der Waals surface area contributed by atoms with E-state index < -0.39 is 11.9 Å². The number of urea groups is 1. The predicted molar refractivity (Wildman–Crippen MR) is 240 cm³/mol. The van der Waals surface area contributed by atoms with Gasteiger partial charge in [-0.3, -0.25) is 14.6 Å². The molecule has 2 fully saturated rings. The summed E-state index contributed by atoms with van der Waals surface area (Å²) in [6.07, 6.45) is 9.02. The van der Waals surface area contributed by atoms with Crippen LogP contribution in [0.3, 0.4) is 0 Å². The number of amides is 3. The maximum absolute atomic E-state index is 14.5. The van der Waals surface area contributed by atoms with Gasteiger partial charge in [-0.2, -0.15) is 10.5 Å². The Hall–Kier alpha value is -6.00. The van der Waals surface area contributed by atoms with Crippen molar-refractivity contribution in [2.24, 2.45) is 11.8 Å². The van der Waals surface area contributed by atoms with Crippen molar-refractivity contribution in [2.45, 2.75) is 32.6 Å². The minimum absolute atomic E-state index is 0.0161. The third-order valence-electron chi connectivity index (χ3n) is 10.8. The van der Waals surface area contributed by atoms with Crippen LogP contribution in [0.5, 0.6) is 0 Å². The van der Waals surface area contributed by atoms with Crippen LogP contribution in [-0.4, -0.2) is 101 Å². The van der Waals surface area contributed by atoms with Crippen LogP contribution in [0.1, 0.15) is 50.8 Å². The fraction of sp³-hybridized carbons (Fsp3) is 0.354. The Morgan fingerprint density at radius 3 is 1.77 bits per heavy atom. The van der Waals surface area contributed by atoms with E-state index >= 15 is 0 Å². The molecule has 0 aromatic heterocycles. The highest BCUT2D eigenvalue weighted by molar-refractivity contribution is 6.31. The number of imide groups is 1. The summed E-state index contributed by atoms with van der Waals surface area (Å²) in [6, 6.07) is 30.4. The molecule has 2 saturated heterocycles. The number of terminal acetylenes is 1. The van der Waals surface area contributed by atoms with Crippen molar-refractivity contribution in [1.29, 1.82) is 10.5 Å². The molecule has 312 valence electrons. The zero-order chi connectivity index (χ0) is 44.1. The molecule has 60 heavy (non-hydrogen) atoms. The molecule has 6 rings (SSSR count). The van der Waals surface area contributed by atoms with Crippen molar-refractivity contribution >= 4 is 41.2 Å². The highest BCUT2D eigenvalue weighted by Gasteiger charge is 2.44. The van der Waals surface area contributed by atoms with Gasteiger partial charge in [0.05, 0.1) is 48.2 Å². The summed E-state index contributed by atoms with van der Waals surface area (Å²) in [5, 5.41) is 22.4. The molecule has 2 aliphatic rings. The second-order valence-electron chi connectivity index (χ2n) is 15.7. The van der Waals surface area contributed by atoms with E-state index in [4.69, 9.17) is 11.6 Å². The normalized spacial score (nSPS) is 18.4. The topological polar surface area (TPSA) is 127 Å². The standard InChI is InChI=1S/C36H38N6O3.C10H15ClN2.C2H2/c1-24-13-25(2)15-31(14-24)42(36(45)39(3)4)35(44)34-21-41(20-33(34)29-11-7-27(17-38)8-12-29)23-40-18-30(22-43)32(19-40)28-9-5-26(16-37)6-10-28;1-8-4-9(11)6-10(5-8)13(3)7-12-2;1-2/h5-15,22,30,32-34H,18-21,23H2,1-4H3;4-6,12H,7H2,1-3H3;1-2H/t30-,32+,33+,34+;;/m1../s1. The quantitative estimate of drug-likeness (QED) is 0.101. The number of halogens is 1. The number of nitrogens with one attached hydrogen (secondary N) is 1. The number of carbonyl (C=O) groups excluding carboxylic acids is 3. The van der Waals surface area contributed by atoms with Gasteiger partial charge in [0.1, 0.15) is 6.29 Å². The molecule has 0 unspecified atom stereocenters. The first-order chi connectivity index (χ1) is 28.7. The van der Waals surface area contributed by atoms with Gasteiger partial charge >= 0.3 is 6.03 Å². The van der Waals surface area contributed by atoms with E-state index in [-0.39, 0.29) is 23.7 Å². The van der Waals surface area contributed by atoms with Crippen LogP contribution in [0, 0.1) is 68.1 Å². The molecule has 0 aliphatic carbocycles. The largest absolute Gasteiger partial charge is 0.362 e. The van der Waals surface area contributed by atoms with Crippen LogP contribution in [0.15, 0.2) is 84.9 Å². The Kier molecular flexibility index (Phi) is 17.0. The van der Waals surface area contributed by atoms with E-state index in [9.17, 15) is 24.9 Å². The second kappa shape index (κ2) is 21.8. The van der Waals surface area contributed by atoms with Gasteiger partial charge in [0.15, 0.2) is 0 Å². The van der Waals surface area contributed by atoms with Gasteiger partial charge < -0.3 is 19.9 Å². The highest BCUT2D eigenvalue weighted by atomic mass is 35.5. The molecule has 0 saturated carbocycles. The lowest BCUT2D eigenvalue weighted by Crippen LogP contribution is -2.47. The summed E-state index contributed by atoms with van der Waals surface area (Å²) in [7, 11) is 7.24. The number of hydrogen-bond acceptors (Lipinski definition) is 9. The van der Waals surface area contributed by atoms with Crippen molar-refractivity contribution < 1.29 is 14.4 Å². The molecular weight excluding hydrogens is 772 g/mol. The number of benzene rings is 4. The molecule has 4 aromatic carbocycles. The molecule has 3 amide bonds. The third kappa shape index (κ3) is 11.8. The Labute approximate surface area is 360 Å². The molecule has 0 radical (unpaired) electrons. The van der Waals surface area contributed by atoms with Gasteiger partial charge in [-0.05, 0) is 110 Å². The van der Waals surface area contributed by atoms with E-state index in [1.807, 2.05) is 89.5 Å². The van der Waals surface area contributed by atoms with Crippen LogP contribution in [0.4, 0.5) is 16.2 Å². The second-order valence-corrected chi connectivity index (χ2v) is 16.1. The summed E-state index contributed by atoms with van der Waals surface area (Å²) in [4.78, 5) is 49.5. The lowest BCUT2D eigenvalue weighted by molar-refractivity contribution is -0.121. The van der Waals surface area contributed by atoms with Gasteiger partial charge in [0, 0.05) is 75.8 Å². The molecular formula is C48H55ClN8O3. The number of hydrogen-bond donors (Lipinski definition) is 1. The first-order valence-electron chi connectivity index (χ1n) is 19.7. The van der Waals surface area contributed by atoms with Crippen molar-refractivity contribution in [3.63, 3.8) is 0 Å². The number of likely N-dealkylation sites (tertiary alicyclic amines) is 2. The number of rotatable bonds is 10. The SMILES string of the molecule is C#C.CNCN(C)c1cc(C)cc(Cl)c1.Cc1cc(C)cc(N(C(=O)[C@H]2CN(CN3C[C@H](C=O)[C@H](c4ccc(C#N)cc4)C3)C[C@H]2c2ccc(C#N)cc2)C(=O)N(C)C)c1. The van der Waals surface area contributed by atoms with Crippen molar-refractivity contribution in [1.82, 2.24) is 20.0 Å². The number of aryl methyl sites for hydroxylation is 3. The van der Waals surface area contributed by atoms with Crippen molar-refractivity contribution in [3.8, 4) is 25.0 Å². The Morgan fingerprint density at radius 2 is 1.27 bits per heavy atom. The molecule has 1 N–H and O–H groups in total. The van der Waals surface area contributed by atoms with Gasteiger partial charge in [-0.25, -0.2) is 9.69 Å². The minimum atomic E-state index is -0.513. The van der Waals surface area contributed by atoms with Crippen molar-refractivity contribution in [2.75, 3.05) is 77.5 Å². The summed E-state index contributed by atoms with van der Waals surface area (Å²) < 4.78 is 0. The van der Waals surface area contributed by atoms with E-state index in [0.29, 0.717) is 49.7 Å². The average Bonchev–Trinajstić information content (AvgIpc) is 3.85. The Morgan fingerprint density at radius 1 is 0.767 bits per heavy atom. The molecule has 11 nitrogen and oxygen atoms in total. The van der Waals surface area contributed by atoms with Crippen LogP contribution >= 0.6 is 11.6 Å². The molecule has 0 spiro atoms. The number of nitriles is 2. The summed E-state index contributed by atoms with van der Waals surface area (Å²) in [5.74, 6) is -1.14. The fourth-order valence-corrected chi connectivity index (χ4v) is 8.33. The van der Waals surface area contributed by atoms with E-state index in [2.05, 4.69) is 51.1 Å². The lowest BCUT2D eigenvalue weighted by atomic mass is 9.87. The van der Waals surface area contributed by atoms with Crippen LogP contribution in [0.25, 0.3) is 0 Å². The van der Waals surface area contributed by atoms with Crippen LogP contribution < -0.4 is 15.1 Å². The monoisotopic (exact) mass is 826 g/mol. The van der Waals surface area contributed by atoms with E-state index in [1.165, 1.54) is 15.4 Å². The van der Waals surface area contributed by atoms with Gasteiger partial charge in [0.2, 0.25) is 5.91 Å². The van der Waals surface area contributed by atoms with Gasteiger partial charge in [0.25, 0.3) is 0 Å². The minimum Gasteiger partial charge on any atom is -0.362 e. The molecule has 4 aromatic rings. The summed E-state index contributed by atoms with van der Waals surface area (Å²) >= 11 is 5.95. The molecule has 2 heterocycles. The molecule has 4 atom stereocenters. The molecule has 0 bridgehead atoms. The van der Waals surface area contributed by atoms with Crippen molar-refractivity contribution in [3.05, 3.63) is 129 Å². The molecule has 2 aliphatic heterocycles. The molecule has 12 heteroatoms.